The lowest BCUT2D eigenvalue weighted by molar-refractivity contribution is 0.235. The zero-order valence-corrected chi connectivity index (χ0v) is 10.0. The van der Waals surface area contributed by atoms with Crippen LogP contribution in [0.4, 0.5) is 4.39 Å². The van der Waals surface area contributed by atoms with Gasteiger partial charge in [0.15, 0.2) is 0 Å². The first-order valence-corrected chi connectivity index (χ1v) is 5.88. The fourth-order valence-electron chi connectivity index (χ4n) is 2.02. The van der Waals surface area contributed by atoms with Gasteiger partial charge in [0.05, 0.1) is 0 Å². The number of likely N-dealkylation sites (N-methyl/N-ethyl adjacent to an activating group) is 1. The Morgan fingerprint density at radius 1 is 1.56 bits per heavy atom. The molecule has 0 saturated heterocycles. The van der Waals surface area contributed by atoms with E-state index in [0.717, 1.165) is 0 Å². The molecule has 1 saturated carbocycles. The van der Waals surface area contributed by atoms with Crippen molar-refractivity contribution in [1.29, 1.82) is 0 Å². The summed E-state index contributed by atoms with van der Waals surface area (Å²) in [5, 5.41) is 0.422. The van der Waals surface area contributed by atoms with Crippen molar-refractivity contribution in [3.05, 3.63) is 34.6 Å². The third kappa shape index (κ3) is 2.37. The van der Waals surface area contributed by atoms with Gasteiger partial charge < -0.3 is 5.73 Å². The molecule has 0 aromatic heterocycles. The molecule has 16 heavy (non-hydrogen) atoms. The van der Waals surface area contributed by atoms with E-state index in [4.69, 9.17) is 17.3 Å². The summed E-state index contributed by atoms with van der Waals surface area (Å²) in [4.78, 5) is 2.16. The third-order valence-corrected chi connectivity index (χ3v) is 3.39. The highest BCUT2D eigenvalue weighted by Crippen LogP contribution is 2.33. The molecular formula is C12H16ClFN2. The number of halogens is 2. The molecule has 2 rings (SSSR count). The Balaban J connectivity index is 2.24. The molecule has 88 valence electrons. The van der Waals surface area contributed by atoms with E-state index in [-0.39, 0.29) is 11.9 Å². The summed E-state index contributed by atoms with van der Waals surface area (Å²) >= 11 is 5.73. The Labute approximate surface area is 100 Å². The second-order valence-corrected chi connectivity index (χ2v) is 4.75. The molecule has 0 aliphatic heterocycles. The average Bonchev–Trinajstić information content (AvgIpc) is 3.05. The minimum Gasteiger partial charge on any atom is -0.329 e. The highest BCUT2D eigenvalue weighted by Gasteiger charge is 2.32. The zero-order chi connectivity index (χ0) is 11.7. The van der Waals surface area contributed by atoms with Gasteiger partial charge in [-0.25, -0.2) is 4.39 Å². The van der Waals surface area contributed by atoms with Crippen molar-refractivity contribution in [3.8, 4) is 0 Å². The molecular weight excluding hydrogens is 227 g/mol. The van der Waals surface area contributed by atoms with Gasteiger partial charge in [-0.05, 0) is 32.0 Å². The molecule has 1 aromatic rings. The topological polar surface area (TPSA) is 29.3 Å². The Bertz CT molecular complexity index is 379. The van der Waals surface area contributed by atoms with Gasteiger partial charge in [-0.3, -0.25) is 4.90 Å². The van der Waals surface area contributed by atoms with Crippen LogP contribution in [0.5, 0.6) is 0 Å². The van der Waals surface area contributed by atoms with E-state index in [9.17, 15) is 4.39 Å². The third-order valence-electron chi connectivity index (χ3n) is 3.16. The Morgan fingerprint density at radius 2 is 2.25 bits per heavy atom. The molecule has 1 aromatic carbocycles. The molecule has 1 unspecified atom stereocenters. The predicted molar refractivity (Wildman–Crippen MR) is 64.0 cm³/mol. The number of nitrogens with zero attached hydrogens (tertiary/aromatic N) is 1. The normalized spacial score (nSPS) is 17.8. The van der Waals surface area contributed by atoms with Crippen molar-refractivity contribution < 1.29 is 4.39 Å². The van der Waals surface area contributed by atoms with Crippen LogP contribution in [0.15, 0.2) is 18.2 Å². The van der Waals surface area contributed by atoms with Crippen LogP contribution >= 0.6 is 11.6 Å². The monoisotopic (exact) mass is 242 g/mol. The summed E-state index contributed by atoms with van der Waals surface area (Å²) in [6, 6.07) is 5.30. The smallest absolute Gasteiger partial charge is 0.129 e. The van der Waals surface area contributed by atoms with Crippen LogP contribution in [-0.2, 0) is 0 Å². The Kier molecular flexibility index (Phi) is 3.47. The van der Waals surface area contributed by atoms with Crippen LogP contribution in [0, 0.1) is 5.82 Å². The van der Waals surface area contributed by atoms with Crippen LogP contribution in [-0.4, -0.2) is 24.5 Å². The molecule has 0 heterocycles. The van der Waals surface area contributed by atoms with Crippen LogP contribution in [0.2, 0.25) is 5.02 Å². The van der Waals surface area contributed by atoms with E-state index in [1.807, 2.05) is 7.05 Å². The SMILES string of the molecule is CN(C1CC1)C(CN)c1ccc(Cl)cc1F. The molecule has 1 aliphatic carbocycles. The Hall–Kier alpha value is -0.640. The molecule has 0 bridgehead atoms. The fourth-order valence-corrected chi connectivity index (χ4v) is 2.18. The van der Waals surface area contributed by atoms with Gasteiger partial charge in [-0.2, -0.15) is 0 Å². The highest BCUT2D eigenvalue weighted by molar-refractivity contribution is 6.30. The maximum absolute atomic E-state index is 13.8. The van der Waals surface area contributed by atoms with E-state index < -0.39 is 0 Å². The quantitative estimate of drug-likeness (QED) is 0.879. The van der Waals surface area contributed by atoms with Gasteiger partial charge in [0.1, 0.15) is 5.82 Å². The minimum absolute atomic E-state index is 0.0511. The van der Waals surface area contributed by atoms with Crippen molar-refractivity contribution in [3.63, 3.8) is 0 Å². The molecule has 2 N–H and O–H groups in total. The van der Waals surface area contributed by atoms with E-state index in [0.29, 0.717) is 23.2 Å². The summed E-state index contributed by atoms with van der Waals surface area (Å²) < 4.78 is 13.8. The van der Waals surface area contributed by atoms with Gasteiger partial charge in [0.2, 0.25) is 0 Å². The number of hydrogen-bond donors (Lipinski definition) is 1. The van der Waals surface area contributed by atoms with Crippen LogP contribution in [0.1, 0.15) is 24.4 Å². The van der Waals surface area contributed by atoms with E-state index in [1.165, 1.54) is 18.9 Å². The number of nitrogens with two attached hydrogens (primary N) is 1. The van der Waals surface area contributed by atoms with E-state index in [1.54, 1.807) is 12.1 Å². The van der Waals surface area contributed by atoms with E-state index >= 15 is 0 Å². The van der Waals surface area contributed by atoms with Gasteiger partial charge in [-0.1, -0.05) is 17.7 Å². The van der Waals surface area contributed by atoms with Crippen LogP contribution < -0.4 is 5.73 Å². The van der Waals surface area contributed by atoms with Crippen molar-refractivity contribution in [1.82, 2.24) is 4.90 Å². The second kappa shape index (κ2) is 4.70. The molecule has 2 nitrogen and oxygen atoms in total. The standard InChI is InChI=1S/C12H16ClFN2/c1-16(9-3-4-9)12(7-15)10-5-2-8(13)6-11(10)14/h2,5-6,9,12H,3-4,7,15H2,1H3. The molecule has 0 amide bonds. The summed E-state index contributed by atoms with van der Waals surface area (Å²) in [5.74, 6) is -0.268. The molecule has 1 fully saturated rings. The molecule has 0 radical (unpaired) electrons. The average molecular weight is 243 g/mol. The second-order valence-electron chi connectivity index (χ2n) is 4.31. The summed E-state index contributed by atoms with van der Waals surface area (Å²) in [6.07, 6.45) is 2.37. The van der Waals surface area contributed by atoms with Gasteiger partial charge >= 0.3 is 0 Å². The lowest BCUT2D eigenvalue weighted by atomic mass is 10.0. The molecule has 1 aliphatic rings. The molecule has 0 spiro atoms. The molecule has 4 heteroatoms. The maximum Gasteiger partial charge on any atom is 0.129 e. The number of hydrogen-bond acceptors (Lipinski definition) is 2. The first kappa shape index (κ1) is 11.8. The minimum atomic E-state index is -0.268. The lowest BCUT2D eigenvalue weighted by Crippen LogP contribution is -2.32. The highest BCUT2D eigenvalue weighted by atomic mass is 35.5. The summed E-state index contributed by atoms with van der Waals surface area (Å²) in [6.45, 7) is 0.422. The fraction of sp³-hybridized carbons (Fsp3) is 0.500. The van der Waals surface area contributed by atoms with Gasteiger partial charge in [0.25, 0.3) is 0 Å². The van der Waals surface area contributed by atoms with Gasteiger partial charge in [0, 0.05) is 29.2 Å². The first-order valence-electron chi connectivity index (χ1n) is 5.50. The molecule has 1 atom stereocenters. The van der Waals surface area contributed by atoms with Crippen LogP contribution in [0.3, 0.4) is 0 Å². The van der Waals surface area contributed by atoms with Crippen molar-refractivity contribution in [2.75, 3.05) is 13.6 Å². The first-order chi connectivity index (χ1) is 7.63. The van der Waals surface area contributed by atoms with Crippen molar-refractivity contribution in [2.45, 2.75) is 24.9 Å². The predicted octanol–water partition coefficient (Wildman–Crippen LogP) is 2.57. The number of benzene rings is 1. The van der Waals surface area contributed by atoms with Crippen molar-refractivity contribution >= 4 is 11.6 Å². The largest absolute Gasteiger partial charge is 0.329 e. The Morgan fingerprint density at radius 3 is 2.75 bits per heavy atom. The summed E-state index contributed by atoms with van der Waals surface area (Å²) in [7, 11) is 2.00. The van der Waals surface area contributed by atoms with Gasteiger partial charge in [-0.15, -0.1) is 0 Å². The zero-order valence-electron chi connectivity index (χ0n) is 9.29. The maximum atomic E-state index is 13.8. The van der Waals surface area contributed by atoms with Crippen LogP contribution in [0.25, 0.3) is 0 Å². The summed E-state index contributed by atoms with van der Waals surface area (Å²) in [5.41, 5.74) is 6.38. The van der Waals surface area contributed by atoms with Crippen molar-refractivity contribution in [2.24, 2.45) is 5.73 Å². The van der Waals surface area contributed by atoms with E-state index in [2.05, 4.69) is 4.90 Å². The number of rotatable bonds is 4. The lowest BCUT2D eigenvalue weighted by Gasteiger charge is -2.27.